The summed E-state index contributed by atoms with van der Waals surface area (Å²) in [6.07, 6.45) is 2.86. The zero-order valence-corrected chi connectivity index (χ0v) is 10.3. The first-order valence-corrected chi connectivity index (χ1v) is 6.55. The van der Waals surface area contributed by atoms with Gasteiger partial charge in [-0.25, -0.2) is 4.98 Å². The Balaban J connectivity index is 2.37. The van der Waals surface area contributed by atoms with Gasteiger partial charge in [-0.3, -0.25) is 4.72 Å². The molecule has 0 saturated carbocycles. The molecule has 2 N–H and O–H groups in total. The van der Waals surface area contributed by atoms with Crippen molar-refractivity contribution < 1.29 is 8.42 Å². The van der Waals surface area contributed by atoms with Gasteiger partial charge in [0, 0.05) is 19.4 Å². The van der Waals surface area contributed by atoms with Crippen molar-refractivity contribution in [3.05, 3.63) is 36.7 Å². The fraction of sp³-hybridized carbons (Fsp3) is 0.100. The standard InChI is InChI=1S/C10H11N5O2S/c1-11-8-4-2-6-12-10(8)18(16,17)15-9-5-3-7-13-14-9/h2-7,11H,1H3,(H,14,15). The Morgan fingerprint density at radius 3 is 2.61 bits per heavy atom. The van der Waals surface area contributed by atoms with Gasteiger partial charge in [0.1, 0.15) is 0 Å². The Labute approximate surface area is 104 Å². The van der Waals surface area contributed by atoms with E-state index in [2.05, 4.69) is 25.2 Å². The van der Waals surface area contributed by atoms with Crippen molar-refractivity contribution in [1.82, 2.24) is 15.2 Å². The lowest BCUT2D eigenvalue weighted by Gasteiger charge is -2.09. The summed E-state index contributed by atoms with van der Waals surface area (Å²) in [5, 5.41) is 9.93. The third-order valence-electron chi connectivity index (χ3n) is 2.11. The van der Waals surface area contributed by atoms with Crippen molar-refractivity contribution in [2.45, 2.75) is 5.03 Å². The number of anilines is 2. The van der Waals surface area contributed by atoms with Crippen molar-refractivity contribution in [2.24, 2.45) is 0 Å². The highest BCUT2D eigenvalue weighted by Crippen LogP contribution is 2.19. The van der Waals surface area contributed by atoms with E-state index in [0.717, 1.165) is 0 Å². The molecule has 0 bridgehead atoms. The lowest BCUT2D eigenvalue weighted by atomic mass is 10.4. The first-order chi connectivity index (χ1) is 8.63. The molecule has 0 aliphatic carbocycles. The second kappa shape index (κ2) is 4.96. The average Bonchev–Trinajstić information content (AvgIpc) is 2.39. The Kier molecular flexibility index (Phi) is 3.38. The quantitative estimate of drug-likeness (QED) is 0.845. The first-order valence-electron chi connectivity index (χ1n) is 5.07. The van der Waals surface area contributed by atoms with Crippen LogP contribution in [-0.4, -0.2) is 30.6 Å². The van der Waals surface area contributed by atoms with E-state index in [-0.39, 0.29) is 10.8 Å². The molecule has 0 radical (unpaired) electrons. The van der Waals surface area contributed by atoms with Crippen molar-refractivity contribution in [2.75, 3.05) is 17.1 Å². The molecule has 94 valence electrons. The molecule has 2 aromatic heterocycles. The molecule has 2 aromatic rings. The van der Waals surface area contributed by atoms with Crippen LogP contribution in [0.4, 0.5) is 11.5 Å². The molecule has 18 heavy (non-hydrogen) atoms. The minimum atomic E-state index is -3.78. The number of hydrogen-bond acceptors (Lipinski definition) is 6. The van der Waals surface area contributed by atoms with Crippen LogP contribution in [0.15, 0.2) is 41.7 Å². The smallest absolute Gasteiger partial charge is 0.282 e. The van der Waals surface area contributed by atoms with Gasteiger partial charge in [0.2, 0.25) is 0 Å². The van der Waals surface area contributed by atoms with E-state index in [4.69, 9.17) is 0 Å². The minimum Gasteiger partial charge on any atom is -0.386 e. The highest BCUT2D eigenvalue weighted by atomic mass is 32.2. The van der Waals surface area contributed by atoms with Gasteiger partial charge in [-0.15, -0.1) is 5.10 Å². The molecule has 0 aromatic carbocycles. The molecular formula is C10H11N5O2S. The normalized spacial score (nSPS) is 10.9. The van der Waals surface area contributed by atoms with Crippen LogP contribution in [0, 0.1) is 0 Å². The maximum Gasteiger partial charge on any atom is 0.282 e. The molecular weight excluding hydrogens is 254 g/mol. The predicted molar refractivity (Wildman–Crippen MR) is 66.6 cm³/mol. The molecule has 0 spiro atoms. The first kappa shape index (κ1) is 12.2. The number of aromatic nitrogens is 3. The van der Waals surface area contributed by atoms with Gasteiger partial charge in [-0.1, -0.05) is 0 Å². The zero-order valence-electron chi connectivity index (χ0n) is 9.53. The topological polar surface area (TPSA) is 96.9 Å². The summed E-state index contributed by atoms with van der Waals surface area (Å²) in [4.78, 5) is 3.86. The van der Waals surface area contributed by atoms with E-state index in [0.29, 0.717) is 5.69 Å². The molecule has 8 heteroatoms. The van der Waals surface area contributed by atoms with Gasteiger partial charge < -0.3 is 5.32 Å². The SMILES string of the molecule is CNc1cccnc1S(=O)(=O)Nc1cccnn1. The average molecular weight is 265 g/mol. The van der Waals surface area contributed by atoms with Gasteiger partial charge in [0.25, 0.3) is 10.0 Å². The molecule has 0 saturated heterocycles. The summed E-state index contributed by atoms with van der Waals surface area (Å²) in [6.45, 7) is 0. The molecule has 0 unspecified atom stereocenters. The van der Waals surface area contributed by atoms with Crippen LogP contribution in [-0.2, 0) is 10.0 Å². The van der Waals surface area contributed by atoms with Crippen LogP contribution in [0.1, 0.15) is 0 Å². The molecule has 0 aliphatic rings. The number of pyridine rings is 1. The van der Waals surface area contributed by atoms with Gasteiger partial charge >= 0.3 is 0 Å². The summed E-state index contributed by atoms with van der Waals surface area (Å²) in [5.41, 5.74) is 0.411. The van der Waals surface area contributed by atoms with Crippen LogP contribution < -0.4 is 10.0 Å². The van der Waals surface area contributed by atoms with Crippen LogP contribution >= 0.6 is 0 Å². The van der Waals surface area contributed by atoms with E-state index in [9.17, 15) is 8.42 Å². The van der Waals surface area contributed by atoms with Crippen molar-refractivity contribution in [3.63, 3.8) is 0 Å². The van der Waals surface area contributed by atoms with Gasteiger partial charge in [-0.05, 0) is 24.3 Å². The summed E-state index contributed by atoms with van der Waals surface area (Å²) in [5.74, 6) is 0.144. The lowest BCUT2D eigenvalue weighted by molar-refractivity contribution is 0.597. The monoisotopic (exact) mass is 265 g/mol. The molecule has 0 amide bonds. The van der Waals surface area contributed by atoms with E-state index < -0.39 is 10.0 Å². The summed E-state index contributed by atoms with van der Waals surface area (Å²) in [6, 6.07) is 6.36. The largest absolute Gasteiger partial charge is 0.386 e. The number of rotatable bonds is 4. The minimum absolute atomic E-state index is 0.0850. The summed E-state index contributed by atoms with van der Waals surface area (Å²) >= 11 is 0. The highest BCUT2D eigenvalue weighted by Gasteiger charge is 2.20. The number of hydrogen-bond donors (Lipinski definition) is 2. The third kappa shape index (κ3) is 2.54. The van der Waals surface area contributed by atoms with Gasteiger partial charge in [0.05, 0.1) is 5.69 Å². The Morgan fingerprint density at radius 2 is 1.94 bits per heavy atom. The summed E-state index contributed by atoms with van der Waals surface area (Å²) < 4.78 is 26.5. The number of nitrogens with zero attached hydrogens (tertiary/aromatic N) is 3. The number of nitrogens with one attached hydrogen (secondary N) is 2. The molecule has 0 aliphatic heterocycles. The van der Waals surface area contributed by atoms with E-state index in [1.807, 2.05) is 0 Å². The summed E-state index contributed by atoms with van der Waals surface area (Å²) in [7, 11) is -2.16. The Morgan fingerprint density at radius 1 is 1.17 bits per heavy atom. The second-order valence-electron chi connectivity index (χ2n) is 3.32. The van der Waals surface area contributed by atoms with Crippen LogP contribution in [0.2, 0.25) is 0 Å². The fourth-order valence-electron chi connectivity index (χ4n) is 1.34. The molecule has 0 fully saturated rings. The van der Waals surface area contributed by atoms with Gasteiger partial charge in [0.15, 0.2) is 10.8 Å². The van der Waals surface area contributed by atoms with Crippen molar-refractivity contribution in [1.29, 1.82) is 0 Å². The van der Waals surface area contributed by atoms with Crippen molar-refractivity contribution in [3.8, 4) is 0 Å². The number of sulfonamides is 1. The fourth-order valence-corrected chi connectivity index (χ4v) is 2.48. The van der Waals surface area contributed by atoms with E-state index >= 15 is 0 Å². The van der Waals surface area contributed by atoms with E-state index in [1.54, 1.807) is 25.2 Å². The Hall–Kier alpha value is -2.22. The molecule has 7 nitrogen and oxygen atoms in total. The molecule has 0 atom stereocenters. The highest BCUT2D eigenvalue weighted by molar-refractivity contribution is 7.92. The lowest BCUT2D eigenvalue weighted by Crippen LogP contribution is -2.17. The van der Waals surface area contributed by atoms with Crippen LogP contribution in [0.3, 0.4) is 0 Å². The maximum absolute atomic E-state index is 12.1. The predicted octanol–water partition coefficient (Wildman–Crippen LogP) is 0.714. The third-order valence-corrected chi connectivity index (χ3v) is 3.42. The van der Waals surface area contributed by atoms with Crippen molar-refractivity contribution >= 4 is 21.5 Å². The zero-order chi connectivity index (χ0) is 13.0. The Bertz CT molecular complexity index is 630. The molecule has 2 heterocycles. The van der Waals surface area contributed by atoms with Gasteiger partial charge in [-0.2, -0.15) is 13.5 Å². The van der Waals surface area contributed by atoms with Crippen LogP contribution in [0.5, 0.6) is 0 Å². The van der Waals surface area contributed by atoms with E-state index in [1.165, 1.54) is 18.5 Å². The second-order valence-corrected chi connectivity index (χ2v) is 4.92. The maximum atomic E-state index is 12.1. The van der Waals surface area contributed by atoms with Crippen LogP contribution in [0.25, 0.3) is 0 Å². The molecule has 2 rings (SSSR count).